The van der Waals surface area contributed by atoms with Crippen molar-refractivity contribution in [2.45, 2.75) is 44.6 Å². The maximum absolute atomic E-state index is 10.0. The zero-order valence-corrected chi connectivity index (χ0v) is 9.73. The van der Waals surface area contributed by atoms with Crippen LogP contribution in [0, 0.1) is 0 Å². The van der Waals surface area contributed by atoms with Gasteiger partial charge in [0.05, 0.1) is 6.10 Å². The normalized spacial score (nSPS) is 17.9. The SMILES string of the molecule is OC(CC1=CCCCC1)Cc1ccccc1. The monoisotopic (exact) mass is 216 g/mol. The number of allylic oxidation sites excluding steroid dienone is 1. The number of benzene rings is 1. The fourth-order valence-electron chi connectivity index (χ4n) is 2.35. The van der Waals surface area contributed by atoms with Gasteiger partial charge in [0, 0.05) is 0 Å². The third-order valence-electron chi connectivity index (χ3n) is 3.20. The van der Waals surface area contributed by atoms with Gasteiger partial charge in [0.15, 0.2) is 0 Å². The Kier molecular flexibility index (Phi) is 4.17. The second kappa shape index (κ2) is 5.86. The summed E-state index contributed by atoms with van der Waals surface area (Å²) in [7, 11) is 0. The second-order valence-electron chi connectivity index (χ2n) is 4.66. The van der Waals surface area contributed by atoms with Crippen LogP contribution in [-0.2, 0) is 6.42 Å². The Hall–Kier alpha value is -1.08. The second-order valence-corrected chi connectivity index (χ2v) is 4.66. The molecule has 1 N–H and O–H groups in total. The summed E-state index contributed by atoms with van der Waals surface area (Å²) in [6.07, 6.45) is 8.73. The van der Waals surface area contributed by atoms with E-state index in [2.05, 4.69) is 18.2 Å². The third-order valence-corrected chi connectivity index (χ3v) is 3.20. The van der Waals surface area contributed by atoms with Crippen molar-refractivity contribution >= 4 is 0 Å². The van der Waals surface area contributed by atoms with Crippen molar-refractivity contribution in [2.75, 3.05) is 0 Å². The molecule has 16 heavy (non-hydrogen) atoms. The number of rotatable bonds is 4. The van der Waals surface area contributed by atoms with E-state index >= 15 is 0 Å². The van der Waals surface area contributed by atoms with Crippen LogP contribution in [0.25, 0.3) is 0 Å². The molecule has 2 rings (SSSR count). The quantitative estimate of drug-likeness (QED) is 0.764. The first-order valence-corrected chi connectivity index (χ1v) is 6.24. The molecule has 0 aliphatic heterocycles. The molecule has 1 aromatic rings. The van der Waals surface area contributed by atoms with Crippen LogP contribution < -0.4 is 0 Å². The van der Waals surface area contributed by atoms with Gasteiger partial charge in [-0.25, -0.2) is 0 Å². The maximum Gasteiger partial charge on any atom is 0.0617 e. The summed E-state index contributed by atoms with van der Waals surface area (Å²) in [6.45, 7) is 0. The Balaban J connectivity index is 1.84. The highest BCUT2D eigenvalue weighted by atomic mass is 16.3. The Bertz CT molecular complexity index is 340. The minimum absolute atomic E-state index is 0.216. The van der Waals surface area contributed by atoms with E-state index in [1.165, 1.54) is 36.8 Å². The van der Waals surface area contributed by atoms with E-state index in [-0.39, 0.29) is 6.10 Å². The van der Waals surface area contributed by atoms with Crippen molar-refractivity contribution in [3.63, 3.8) is 0 Å². The standard InChI is InChI=1S/C15H20O/c16-15(11-13-7-3-1-4-8-13)12-14-9-5-2-6-10-14/h1,3-4,7-9,15-16H,2,5-6,10-12H2. The van der Waals surface area contributed by atoms with Gasteiger partial charge >= 0.3 is 0 Å². The summed E-state index contributed by atoms with van der Waals surface area (Å²) in [5.41, 5.74) is 2.68. The topological polar surface area (TPSA) is 20.2 Å². The fourth-order valence-corrected chi connectivity index (χ4v) is 2.35. The highest BCUT2D eigenvalue weighted by Crippen LogP contribution is 2.22. The summed E-state index contributed by atoms with van der Waals surface area (Å²) in [4.78, 5) is 0. The smallest absolute Gasteiger partial charge is 0.0617 e. The van der Waals surface area contributed by atoms with Crippen molar-refractivity contribution in [3.8, 4) is 0 Å². The molecular weight excluding hydrogens is 196 g/mol. The Morgan fingerprint density at radius 1 is 1.06 bits per heavy atom. The zero-order valence-electron chi connectivity index (χ0n) is 9.73. The van der Waals surface area contributed by atoms with Gasteiger partial charge in [-0.3, -0.25) is 0 Å². The number of hydrogen-bond acceptors (Lipinski definition) is 1. The molecular formula is C15H20O. The van der Waals surface area contributed by atoms with E-state index in [0.29, 0.717) is 0 Å². The van der Waals surface area contributed by atoms with Crippen molar-refractivity contribution in [2.24, 2.45) is 0 Å². The summed E-state index contributed by atoms with van der Waals surface area (Å²) in [5.74, 6) is 0. The molecule has 1 aliphatic carbocycles. The predicted octanol–water partition coefficient (Wildman–Crippen LogP) is 3.48. The lowest BCUT2D eigenvalue weighted by Gasteiger charge is -2.16. The third kappa shape index (κ3) is 3.49. The molecule has 0 saturated carbocycles. The highest BCUT2D eigenvalue weighted by molar-refractivity contribution is 5.16. The number of aliphatic hydroxyl groups is 1. The van der Waals surface area contributed by atoms with Gasteiger partial charge in [-0.1, -0.05) is 42.0 Å². The van der Waals surface area contributed by atoms with Gasteiger partial charge in [0.2, 0.25) is 0 Å². The van der Waals surface area contributed by atoms with Crippen molar-refractivity contribution < 1.29 is 5.11 Å². The van der Waals surface area contributed by atoms with Crippen LogP contribution in [0.5, 0.6) is 0 Å². The van der Waals surface area contributed by atoms with Crippen molar-refractivity contribution in [3.05, 3.63) is 47.5 Å². The molecule has 1 nitrogen and oxygen atoms in total. The molecule has 0 amide bonds. The largest absolute Gasteiger partial charge is 0.392 e. The van der Waals surface area contributed by atoms with Crippen LogP contribution in [0.2, 0.25) is 0 Å². The average molecular weight is 216 g/mol. The van der Waals surface area contributed by atoms with E-state index in [9.17, 15) is 5.11 Å². The Morgan fingerprint density at radius 2 is 1.88 bits per heavy atom. The molecule has 1 atom stereocenters. The lowest BCUT2D eigenvalue weighted by atomic mass is 9.93. The first-order valence-electron chi connectivity index (χ1n) is 6.24. The summed E-state index contributed by atoms with van der Waals surface area (Å²) in [6, 6.07) is 10.2. The summed E-state index contributed by atoms with van der Waals surface area (Å²) in [5, 5.41) is 10.0. The molecule has 0 heterocycles. The maximum atomic E-state index is 10.0. The molecule has 1 heteroatoms. The Labute approximate surface area is 97.8 Å². The fraction of sp³-hybridized carbons (Fsp3) is 0.467. The molecule has 1 aromatic carbocycles. The first kappa shape index (κ1) is 11.4. The van der Waals surface area contributed by atoms with E-state index in [0.717, 1.165) is 12.8 Å². The van der Waals surface area contributed by atoms with Crippen molar-refractivity contribution in [1.82, 2.24) is 0 Å². The van der Waals surface area contributed by atoms with E-state index in [1.807, 2.05) is 18.2 Å². The molecule has 86 valence electrons. The number of aliphatic hydroxyl groups excluding tert-OH is 1. The first-order chi connectivity index (χ1) is 7.84. The molecule has 0 fully saturated rings. The summed E-state index contributed by atoms with van der Waals surface area (Å²) < 4.78 is 0. The zero-order chi connectivity index (χ0) is 11.2. The van der Waals surface area contributed by atoms with Gasteiger partial charge in [-0.2, -0.15) is 0 Å². The molecule has 0 spiro atoms. The lowest BCUT2D eigenvalue weighted by molar-refractivity contribution is 0.173. The van der Waals surface area contributed by atoms with Crippen LogP contribution >= 0.6 is 0 Å². The van der Waals surface area contributed by atoms with E-state index in [1.54, 1.807) is 0 Å². The predicted molar refractivity (Wildman–Crippen MR) is 67.3 cm³/mol. The minimum Gasteiger partial charge on any atom is -0.392 e. The van der Waals surface area contributed by atoms with Gasteiger partial charge in [0.1, 0.15) is 0 Å². The molecule has 1 aliphatic rings. The number of hydrogen-bond donors (Lipinski definition) is 1. The van der Waals surface area contributed by atoms with E-state index in [4.69, 9.17) is 0 Å². The lowest BCUT2D eigenvalue weighted by Crippen LogP contribution is -2.12. The van der Waals surface area contributed by atoms with Crippen molar-refractivity contribution in [1.29, 1.82) is 0 Å². The minimum atomic E-state index is -0.216. The Morgan fingerprint density at radius 3 is 2.56 bits per heavy atom. The molecule has 1 unspecified atom stereocenters. The van der Waals surface area contributed by atoms with Gasteiger partial charge in [-0.15, -0.1) is 0 Å². The van der Waals surface area contributed by atoms with Crippen LogP contribution in [-0.4, -0.2) is 11.2 Å². The van der Waals surface area contributed by atoms with E-state index < -0.39 is 0 Å². The van der Waals surface area contributed by atoms with Gasteiger partial charge < -0.3 is 5.11 Å². The van der Waals surface area contributed by atoms with Gasteiger partial charge in [0.25, 0.3) is 0 Å². The molecule has 0 saturated heterocycles. The van der Waals surface area contributed by atoms with Crippen LogP contribution in [0.4, 0.5) is 0 Å². The van der Waals surface area contributed by atoms with Crippen LogP contribution in [0.15, 0.2) is 42.0 Å². The highest BCUT2D eigenvalue weighted by Gasteiger charge is 2.10. The molecule has 0 aromatic heterocycles. The molecule has 0 radical (unpaired) electrons. The van der Waals surface area contributed by atoms with Gasteiger partial charge in [-0.05, 0) is 44.1 Å². The summed E-state index contributed by atoms with van der Waals surface area (Å²) >= 11 is 0. The molecule has 0 bridgehead atoms. The van der Waals surface area contributed by atoms with Crippen LogP contribution in [0.1, 0.15) is 37.7 Å². The van der Waals surface area contributed by atoms with Crippen LogP contribution in [0.3, 0.4) is 0 Å². The average Bonchev–Trinajstić information content (AvgIpc) is 2.31.